The van der Waals surface area contributed by atoms with Gasteiger partial charge in [0.05, 0.1) is 0 Å². The number of carbonyl (C=O) groups excluding carboxylic acids is 1. The number of piperidine rings is 1. The van der Waals surface area contributed by atoms with Crippen molar-refractivity contribution in [2.75, 3.05) is 45.2 Å². The number of hydrogen-bond acceptors (Lipinski definition) is 5. The van der Waals surface area contributed by atoms with E-state index in [0.717, 1.165) is 44.7 Å². The molecule has 1 aromatic carbocycles. The minimum Gasteiger partial charge on any atom is -0.444 e. The van der Waals surface area contributed by atoms with Crippen LogP contribution in [-0.2, 0) is 11.3 Å². The summed E-state index contributed by atoms with van der Waals surface area (Å²) in [4.78, 5) is 23.7. The third-order valence-corrected chi connectivity index (χ3v) is 6.36. The van der Waals surface area contributed by atoms with Gasteiger partial charge in [-0.2, -0.15) is 0 Å². The van der Waals surface area contributed by atoms with E-state index in [1.807, 2.05) is 20.8 Å². The Morgan fingerprint density at radius 1 is 1.09 bits per heavy atom. The number of ether oxygens (including phenoxy) is 1. The molecular weight excluding hydrogens is 424 g/mol. The molecule has 0 saturated carbocycles. The van der Waals surface area contributed by atoms with Crippen LogP contribution in [0.15, 0.2) is 36.4 Å². The molecule has 1 aliphatic heterocycles. The Morgan fingerprint density at radius 3 is 2.44 bits per heavy atom. The van der Waals surface area contributed by atoms with Gasteiger partial charge in [-0.25, -0.2) is 4.79 Å². The number of nitrogens with zero attached hydrogens (tertiary/aromatic N) is 4. The number of anilines is 1. The van der Waals surface area contributed by atoms with Crippen LogP contribution in [-0.4, -0.2) is 66.8 Å². The number of likely N-dealkylation sites (N-methyl/N-ethyl adjacent to an activating group) is 2. The van der Waals surface area contributed by atoms with E-state index in [2.05, 4.69) is 67.1 Å². The first-order valence-electron chi connectivity index (χ1n) is 12.4. The predicted molar refractivity (Wildman–Crippen MR) is 140 cm³/mol. The highest BCUT2D eigenvalue weighted by atomic mass is 16.6. The zero-order valence-electron chi connectivity index (χ0n) is 22.1. The summed E-state index contributed by atoms with van der Waals surface area (Å²) in [6.07, 6.45) is 1.95. The normalized spacial score (nSPS) is 15.0. The Balaban J connectivity index is 1.59. The molecule has 1 fully saturated rings. The second-order valence-electron chi connectivity index (χ2n) is 10.7. The first-order valence-corrected chi connectivity index (χ1v) is 12.4. The molecule has 0 bridgehead atoms. The molecule has 0 spiro atoms. The van der Waals surface area contributed by atoms with E-state index in [1.54, 1.807) is 11.9 Å². The number of amides is 1. The maximum absolute atomic E-state index is 12.2. The summed E-state index contributed by atoms with van der Waals surface area (Å²) in [7, 11) is 3.90. The van der Waals surface area contributed by atoms with Gasteiger partial charge in [-0.05, 0) is 83.8 Å². The van der Waals surface area contributed by atoms with Crippen LogP contribution < -0.4 is 4.90 Å². The quantitative estimate of drug-likeness (QED) is 0.548. The van der Waals surface area contributed by atoms with Crippen molar-refractivity contribution in [2.45, 2.75) is 65.5 Å². The van der Waals surface area contributed by atoms with E-state index in [9.17, 15) is 4.79 Å². The highest BCUT2D eigenvalue weighted by Crippen LogP contribution is 2.32. The highest BCUT2D eigenvalue weighted by Gasteiger charge is 2.25. The summed E-state index contributed by atoms with van der Waals surface area (Å²) in [5.74, 6) is 0.480. The zero-order chi connectivity index (χ0) is 24.9. The Morgan fingerprint density at radius 2 is 1.79 bits per heavy atom. The number of aryl methyl sites for hydroxylation is 2. The monoisotopic (exact) mass is 466 g/mol. The predicted octanol–water partition coefficient (Wildman–Crippen LogP) is 5.38. The Kier molecular flexibility index (Phi) is 8.58. The average Bonchev–Trinajstić information content (AvgIpc) is 2.77. The smallest absolute Gasteiger partial charge is 0.410 e. The van der Waals surface area contributed by atoms with Crippen molar-refractivity contribution in [3.8, 4) is 0 Å². The largest absolute Gasteiger partial charge is 0.444 e. The average molecular weight is 467 g/mol. The van der Waals surface area contributed by atoms with Crippen LogP contribution in [0.2, 0.25) is 0 Å². The second kappa shape index (κ2) is 11.2. The second-order valence-corrected chi connectivity index (χ2v) is 10.7. The van der Waals surface area contributed by atoms with Gasteiger partial charge in [0.25, 0.3) is 0 Å². The molecule has 1 aliphatic rings. The van der Waals surface area contributed by atoms with E-state index in [0.29, 0.717) is 12.5 Å². The zero-order valence-corrected chi connectivity index (χ0v) is 22.1. The molecule has 2 heterocycles. The van der Waals surface area contributed by atoms with Gasteiger partial charge >= 0.3 is 6.09 Å². The summed E-state index contributed by atoms with van der Waals surface area (Å²) >= 11 is 0. The Labute approximate surface area is 205 Å². The van der Waals surface area contributed by atoms with Gasteiger partial charge in [0.15, 0.2) is 0 Å². The van der Waals surface area contributed by atoms with Gasteiger partial charge in [-0.3, -0.25) is 4.98 Å². The fourth-order valence-corrected chi connectivity index (χ4v) is 4.45. The third kappa shape index (κ3) is 7.45. The lowest BCUT2D eigenvalue weighted by molar-refractivity contribution is 0.0286. The topological polar surface area (TPSA) is 48.9 Å². The molecule has 6 heteroatoms. The molecular formula is C28H42N4O2. The van der Waals surface area contributed by atoms with Gasteiger partial charge in [-0.15, -0.1) is 0 Å². The van der Waals surface area contributed by atoms with Crippen LogP contribution in [0, 0.1) is 13.8 Å². The summed E-state index contributed by atoms with van der Waals surface area (Å²) in [5.41, 5.74) is 5.77. The molecule has 1 amide bonds. The lowest BCUT2D eigenvalue weighted by Gasteiger charge is -2.34. The summed E-state index contributed by atoms with van der Waals surface area (Å²) in [6, 6.07) is 13.1. The molecule has 0 radical (unpaired) electrons. The van der Waals surface area contributed by atoms with Crippen LogP contribution in [0.3, 0.4) is 0 Å². The van der Waals surface area contributed by atoms with Crippen LogP contribution in [0.5, 0.6) is 0 Å². The maximum atomic E-state index is 12.2. The minimum absolute atomic E-state index is 0.279. The summed E-state index contributed by atoms with van der Waals surface area (Å²) in [5, 5.41) is 0. The van der Waals surface area contributed by atoms with E-state index in [-0.39, 0.29) is 6.09 Å². The molecule has 0 atom stereocenters. The van der Waals surface area contributed by atoms with Crippen molar-refractivity contribution in [2.24, 2.45) is 0 Å². The van der Waals surface area contributed by atoms with Crippen molar-refractivity contribution in [3.63, 3.8) is 0 Å². The van der Waals surface area contributed by atoms with E-state index in [1.165, 1.54) is 22.5 Å². The lowest BCUT2D eigenvalue weighted by atomic mass is 9.89. The van der Waals surface area contributed by atoms with Crippen LogP contribution in [0.4, 0.5) is 10.5 Å². The number of rotatable bonds is 7. The number of hydrogen-bond donors (Lipinski definition) is 0. The number of benzene rings is 1. The van der Waals surface area contributed by atoms with Gasteiger partial charge in [-0.1, -0.05) is 18.2 Å². The molecule has 1 saturated heterocycles. The molecule has 0 aliphatic carbocycles. The fraction of sp³-hybridized carbons (Fsp3) is 0.571. The molecule has 2 aromatic rings. The lowest BCUT2D eigenvalue weighted by Crippen LogP contribution is -2.38. The van der Waals surface area contributed by atoms with Gasteiger partial charge in [0, 0.05) is 62.8 Å². The van der Waals surface area contributed by atoms with E-state index >= 15 is 0 Å². The minimum atomic E-state index is -0.478. The van der Waals surface area contributed by atoms with Crippen molar-refractivity contribution < 1.29 is 9.53 Å². The van der Waals surface area contributed by atoms with Gasteiger partial charge in [0.1, 0.15) is 5.60 Å². The van der Waals surface area contributed by atoms with Gasteiger partial charge in [0.2, 0.25) is 0 Å². The molecule has 0 N–H and O–H groups in total. The molecule has 3 rings (SSSR count). The summed E-state index contributed by atoms with van der Waals surface area (Å²) < 4.78 is 5.46. The van der Waals surface area contributed by atoms with Crippen molar-refractivity contribution >= 4 is 11.8 Å². The molecule has 34 heavy (non-hydrogen) atoms. The summed E-state index contributed by atoms with van der Waals surface area (Å²) in [6.45, 7) is 14.2. The number of carbonyl (C=O) groups is 1. The molecule has 6 nitrogen and oxygen atoms in total. The molecule has 0 unspecified atom stereocenters. The van der Waals surface area contributed by atoms with Crippen molar-refractivity contribution in [1.82, 2.24) is 14.8 Å². The van der Waals surface area contributed by atoms with Gasteiger partial charge < -0.3 is 19.4 Å². The standard InChI is InChI=1S/C28H42N4O2/c1-21-9-8-10-25(19-21)32-15-13-23(14-16-32)26-24(12-11-22(2)29-26)20-30(6)17-18-31(7)27(33)34-28(3,4)5/h8-12,19,23H,13-18,20H2,1-7H3. The van der Waals surface area contributed by atoms with E-state index in [4.69, 9.17) is 9.72 Å². The number of aromatic nitrogens is 1. The molecule has 186 valence electrons. The first-order chi connectivity index (χ1) is 16.0. The first kappa shape index (κ1) is 26.0. The third-order valence-electron chi connectivity index (χ3n) is 6.36. The molecule has 1 aromatic heterocycles. The van der Waals surface area contributed by atoms with Crippen LogP contribution in [0.1, 0.15) is 62.0 Å². The fourth-order valence-electron chi connectivity index (χ4n) is 4.45. The Hall–Kier alpha value is -2.60. The van der Waals surface area contributed by atoms with Crippen molar-refractivity contribution in [3.05, 3.63) is 58.9 Å². The Bertz CT molecular complexity index is 961. The number of pyridine rings is 1. The van der Waals surface area contributed by atoms with Crippen LogP contribution >= 0.6 is 0 Å². The SMILES string of the molecule is Cc1cccc(N2CCC(c3nc(C)ccc3CN(C)CCN(C)C(=O)OC(C)(C)C)CC2)c1. The maximum Gasteiger partial charge on any atom is 0.410 e. The highest BCUT2D eigenvalue weighted by molar-refractivity contribution is 5.67. The van der Waals surface area contributed by atoms with E-state index < -0.39 is 5.60 Å². The van der Waals surface area contributed by atoms with Crippen molar-refractivity contribution in [1.29, 1.82) is 0 Å². The van der Waals surface area contributed by atoms with Crippen LogP contribution in [0.25, 0.3) is 0 Å².